The zero-order valence-corrected chi connectivity index (χ0v) is 10.7. The van der Waals surface area contributed by atoms with Crippen LogP contribution in [-0.4, -0.2) is 0 Å². The van der Waals surface area contributed by atoms with E-state index in [4.69, 9.17) is 0 Å². The predicted molar refractivity (Wildman–Crippen MR) is 64.1 cm³/mol. The molecule has 0 aliphatic carbocycles. The van der Waals surface area contributed by atoms with Crippen LogP contribution in [0.1, 0.15) is 73.6 Å². The van der Waals surface area contributed by atoms with E-state index < -0.39 is 0 Å². The summed E-state index contributed by atoms with van der Waals surface area (Å²) in [6.45, 7) is 13.3. The quantitative estimate of drug-likeness (QED) is 0.530. The molecule has 0 spiro atoms. The van der Waals surface area contributed by atoms with Gasteiger partial charge in [-0.15, -0.1) is 0 Å². The van der Waals surface area contributed by atoms with E-state index in [1.54, 1.807) is 0 Å². The van der Waals surface area contributed by atoms with E-state index in [9.17, 15) is 0 Å². The van der Waals surface area contributed by atoms with Crippen molar-refractivity contribution in [3.8, 4) is 0 Å². The van der Waals surface area contributed by atoms with Crippen LogP contribution < -0.4 is 0 Å². The summed E-state index contributed by atoms with van der Waals surface area (Å²) in [6.07, 6.45) is 6.97. The molecule has 2 atom stereocenters. The summed E-state index contributed by atoms with van der Waals surface area (Å²) < 4.78 is 0. The second-order valence-corrected chi connectivity index (χ2v) is 3.98. The molecule has 0 aromatic carbocycles. The van der Waals surface area contributed by atoms with E-state index in [1.807, 2.05) is 13.8 Å². The smallest absolute Gasteiger partial charge is 0.0443 e. The topological polar surface area (TPSA) is 0 Å². The molecule has 0 rings (SSSR count). The molecule has 0 heteroatoms. The Balaban J connectivity index is 0. The summed E-state index contributed by atoms with van der Waals surface area (Å²) in [7, 11) is 0. The van der Waals surface area contributed by atoms with Crippen molar-refractivity contribution in [3.63, 3.8) is 0 Å². The Labute approximate surface area is 86.1 Å². The van der Waals surface area contributed by atoms with Gasteiger partial charge in [0, 0.05) is 0 Å². The van der Waals surface area contributed by atoms with Crippen molar-refractivity contribution >= 4 is 0 Å². The van der Waals surface area contributed by atoms with Gasteiger partial charge >= 0.3 is 0 Å². The molecule has 0 fully saturated rings. The Kier molecular flexibility index (Phi) is 14.3. The summed E-state index contributed by atoms with van der Waals surface area (Å²) in [4.78, 5) is 0. The van der Waals surface area contributed by atoms with E-state index >= 15 is 0 Å². The monoisotopic (exact) mass is 186 g/mol. The van der Waals surface area contributed by atoms with Gasteiger partial charge in [0.2, 0.25) is 0 Å². The second kappa shape index (κ2) is 12.0. The highest BCUT2D eigenvalue weighted by Crippen LogP contribution is 2.17. The van der Waals surface area contributed by atoms with Crippen molar-refractivity contribution < 1.29 is 0 Å². The summed E-state index contributed by atoms with van der Waals surface area (Å²) in [6, 6.07) is 0. The van der Waals surface area contributed by atoms with Gasteiger partial charge in [-0.05, 0) is 11.8 Å². The zero-order chi connectivity index (χ0) is 10.7. The fraction of sp³-hybridized carbons (Fsp3) is 1.00. The standard InChI is InChI=1S/C11H24.C2H6/c1-5-7-11(4)9-8-10(3)6-2;1-2/h10-11H,5-9H2,1-4H3;1-2H3. The Hall–Kier alpha value is 0. The van der Waals surface area contributed by atoms with Gasteiger partial charge in [-0.1, -0.05) is 73.6 Å². The molecule has 0 N–H and O–H groups in total. The van der Waals surface area contributed by atoms with E-state index in [0.717, 1.165) is 11.8 Å². The first-order chi connectivity index (χ1) is 6.20. The minimum Gasteiger partial charge on any atom is -0.0683 e. The third kappa shape index (κ3) is 12.0. The molecule has 82 valence electrons. The van der Waals surface area contributed by atoms with Gasteiger partial charge in [-0.2, -0.15) is 0 Å². The Morgan fingerprint density at radius 3 is 1.62 bits per heavy atom. The molecule has 0 bridgehead atoms. The Morgan fingerprint density at radius 2 is 1.23 bits per heavy atom. The molecule has 2 unspecified atom stereocenters. The largest absolute Gasteiger partial charge is 0.0683 e. The van der Waals surface area contributed by atoms with Crippen LogP contribution in [0.25, 0.3) is 0 Å². The molecule has 0 aliphatic rings. The number of hydrogen-bond donors (Lipinski definition) is 0. The minimum absolute atomic E-state index is 0.939. The maximum atomic E-state index is 2.38. The number of rotatable bonds is 6. The van der Waals surface area contributed by atoms with Gasteiger partial charge in [-0.25, -0.2) is 0 Å². The van der Waals surface area contributed by atoms with Gasteiger partial charge in [0.05, 0.1) is 0 Å². The summed E-state index contributed by atoms with van der Waals surface area (Å²) in [5, 5.41) is 0. The van der Waals surface area contributed by atoms with Crippen molar-refractivity contribution in [3.05, 3.63) is 0 Å². The molecule has 0 saturated heterocycles. The molecule has 0 saturated carbocycles. The van der Waals surface area contributed by atoms with Crippen molar-refractivity contribution in [2.75, 3.05) is 0 Å². The molecule has 0 radical (unpaired) electrons. The lowest BCUT2D eigenvalue weighted by atomic mass is 9.94. The van der Waals surface area contributed by atoms with Crippen molar-refractivity contribution in [2.45, 2.75) is 73.6 Å². The zero-order valence-electron chi connectivity index (χ0n) is 10.7. The van der Waals surface area contributed by atoms with E-state index in [0.29, 0.717) is 0 Å². The SMILES string of the molecule is CC.CCCC(C)CCC(C)CC. The Morgan fingerprint density at radius 1 is 0.769 bits per heavy atom. The lowest BCUT2D eigenvalue weighted by molar-refractivity contribution is 0.404. The van der Waals surface area contributed by atoms with Gasteiger partial charge < -0.3 is 0 Å². The maximum absolute atomic E-state index is 2.38. The molecule has 0 amide bonds. The molecule has 0 aromatic heterocycles. The second-order valence-electron chi connectivity index (χ2n) is 3.98. The molecule has 0 heterocycles. The van der Waals surface area contributed by atoms with Gasteiger partial charge in [0.15, 0.2) is 0 Å². The Bertz CT molecular complexity index is 76.1. The lowest BCUT2D eigenvalue weighted by Crippen LogP contribution is -1.98. The summed E-state index contributed by atoms with van der Waals surface area (Å²) >= 11 is 0. The van der Waals surface area contributed by atoms with Crippen LogP contribution >= 0.6 is 0 Å². The average Bonchev–Trinajstić information content (AvgIpc) is 2.18. The molecule has 0 aliphatic heterocycles. The van der Waals surface area contributed by atoms with Crippen molar-refractivity contribution in [1.29, 1.82) is 0 Å². The number of hydrogen-bond acceptors (Lipinski definition) is 0. The lowest BCUT2D eigenvalue weighted by Gasteiger charge is -2.12. The highest BCUT2D eigenvalue weighted by atomic mass is 14.1. The van der Waals surface area contributed by atoms with Crippen molar-refractivity contribution in [2.24, 2.45) is 11.8 Å². The van der Waals surface area contributed by atoms with E-state index in [1.165, 1.54) is 32.1 Å². The van der Waals surface area contributed by atoms with Crippen LogP contribution in [0.2, 0.25) is 0 Å². The third-order valence-electron chi connectivity index (χ3n) is 2.63. The molecule has 0 aromatic rings. The fourth-order valence-corrected chi connectivity index (χ4v) is 1.41. The minimum atomic E-state index is 0.939. The average molecular weight is 186 g/mol. The first-order valence-corrected chi connectivity index (χ1v) is 6.20. The van der Waals surface area contributed by atoms with Gasteiger partial charge in [-0.3, -0.25) is 0 Å². The highest BCUT2D eigenvalue weighted by Gasteiger charge is 2.03. The molecular formula is C13H30. The highest BCUT2D eigenvalue weighted by molar-refractivity contribution is 4.56. The molecule has 13 heavy (non-hydrogen) atoms. The molecular weight excluding hydrogens is 156 g/mol. The first-order valence-electron chi connectivity index (χ1n) is 6.20. The van der Waals surface area contributed by atoms with Crippen molar-refractivity contribution in [1.82, 2.24) is 0 Å². The van der Waals surface area contributed by atoms with E-state index in [2.05, 4.69) is 27.7 Å². The van der Waals surface area contributed by atoms with Crippen LogP contribution in [-0.2, 0) is 0 Å². The van der Waals surface area contributed by atoms with Gasteiger partial charge in [0.25, 0.3) is 0 Å². The third-order valence-corrected chi connectivity index (χ3v) is 2.63. The summed E-state index contributed by atoms with van der Waals surface area (Å²) in [5.41, 5.74) is 0. The van der Waals surface area contributed by atoms with Crippen LogP contribution in [0.5, 0.6) is 0 Å². The van der Waals surface area contributed by atoms with Crippen LogP contribution in [0.3, 0.4) is 0 Å². The van der Waals surface area contributed by atoms with Gasteiger partial charge in [0.1, 0.15) is 0 Å². The van der Waals surface area contributed by atoms with Crippen LogP contribution in [0.4, 0.5) is 0 Å². The predicted octanol–water partition coefficient (Wildman–Crippen LogP) is 5.28. The maximum Gasteiger partial charge on any atom is -0.0443 e. The summed E-state index contributed by atoms with van der Waals surface area (Å²) in [5.74, 6) is 1.89. The van der Waals surface area contributed by atoms with Crippen LogP contribution in [0.15, 0.2) is 0 Å². The normalized spacial score (nSPS) is 14.3. The van der Waals surface area contributed by atoms with Crippen LogP contribution in [0, 0.1) is 11.8 Å². The van der Waals surface area contributed by atoms with E-state index in [-0.39, 0.29) is 0 Å². The first kappa shape index (κ1) is 15.5. The molecule has 0 nitrogen and oxygen atoms in total. The fourth-order valence-electron chi connectivity index (χ4n) is 1.41.